The number of nitrogens with zero attached hydrogens (tertiary/aromatic N) is 3. The van der Waals surface area contributed by atoms with Crippen LogP contribution >= 0.6 is 71.1 Å². The van der Waals surface area contributed by atoms with Crippen molar-refractivity contribution in [3.05, 3.63) is 364 Å². The number of ether oxygens (including phenoxy) is 1. The summed E-state index contributed by atoms with van der Waals surface area (Å²) in [6.07, 6.45) is 10.1. The van der Waals surface area contributed by atoms with E-state index >= 15 is 0 Å². The number of para-hydroxylation sites is 1. The van der Waals surface area contributed by atoms with Crippen molar-refractivity contribution in [1.29, 1.82) is 0 Å². The Morgan fingerprint density at radius 2 is 0.735 bits per heavy atom. The quantitative estimate of drug-likeness (QED) is 0.0846. The van der Waals surface area contributed by atoms with E-state index < -0.39 is 32.3 Å². The molecule has 0 saturated carbocycles. The van der Waals surface area contributed by atoms with Gasteiger partial charge < -0.3 is 4.74 Å². The number of rotatable bonds is 17. The van der Waals surface area contributed by atoms with Gasteiger partial charge in [-0.05, 0) is 170 Å². The predicted octanol–water partition coefficient (Wildman–Crippen LogP) is 23.9. The van der Waals surface area contributed by atoms with Gasteiger partial charge in [0.1, 0.15) is 12.4 Å². The zero-order chi connectivity index (χ0) is 66.5. The molecule has 0 N–H and O–H groups in total. The van der Waals surface area contributed by atoms with E-state index in [0.29, 0.717) is 34.0 Å². The average Bonchev–Trinajstić information content (AvgIpc) is 1.59. The monoisotopic (exact) mass is 1600 g/mol. The molecule has 2 aromatic heterocycles. The summed E-state index contributed by atoms with van der Waals surface area (Å²) >= 11 is 3.69. The molecule has 17 rings (SSSR count). The summed E-state index contributed by atoms with van der Waals surface area (Å²) in [5.74, 6) is 1.06. The normalized spacial score (nSPS) is 21.2. The summed E-state index contributed by atoms with van der Waals surface area (Å²) < 4.78 is 15.2. The summed E-state index contributed by atoms with van der Waals surface area (Å²) in [5.41, 5.74) is 14.3. The molecule has 8 atom stereocenters. The smallest absolute Gasteiger partial charge is 0.128 e. The molecular formula is C87H87Cr3N3OP6S2. The van der Waals surface area contributed by atoms with Gasteiger partial charge in [0.15, 0.2) is 0 Å². The van der Waals surface area contributed by atoms with Crippen LogP contribution in [0, 0.1) is 0 Å². The van der Waals surface area contributed by atoms with E-state index in [4.69, 9.17) is 4.74 Å². The minimum Gasteiger partial charge on any atom is -0.492 e. The van der Waals surface area contributed by atoms with Gasteiger partial charge in [-0.2, -0.15) is 22.7 Å². The van der Waals surface area contributed by atoms with E-state index in [2.05, 4.69) is 345 Å². The molecule has 516 valence electrons. The second-order valence-corrected chi connectivity index (χ2v) is 42.3. The predicted molar refractivity (Wildman–Crippen MR) is 436 cm³/mol. The van der Waals surface area contributed by atoms with Crippen molar-refractivity contribution in [2.45, 2.75) is 98.8 Å². The Balaban J connectivity index is 0.000000142. The van der Waals surface area contributed by atoms with E-state index in [1.807, 2.05) is 22.7 Å². The van der Waals surface area contributed by atoms with Gasteiger partial charge in [0.05, 0.1) is 0 Å². The zero-order valence-corrected chi connectivity index (χ0v) is 68.4. The van der Waals surface area contributed by atoms with Crippen molar-refractivity contribution in [2.24, 2.45) is 0 Å². The number of hydrogen-bond donors (Lipinski definition) is 0. The third kappa shape index (κ3) is 17.5. The molecule has 5 aliphatic rings. The summed E-state index contributed by atoms with van der Waals surface area (Å²) in [6.45, 7) is 6.31. The van der Waals surface area contributed by atoms with Crippen molar-refractivity contribution in [3.63, 3.8) is 0 Å². The second kappa shape index (κ2) is 38.3. The zero-order valence-electron chi connectivity index (χ0n) is 57.6. The van der Waals surface area contributed by atoms with Gasteiger partial charge in [-0.1, -0.05) is 292 Å². The van der Waals surface area contributed by atoms with Gasteiger partial charge in [-0.15, -0.1) is 0 Å². The topological polar surface area (TPSA) is 19.0 Å². The fraction of sp³-hybridized carbons (Fsp3) is 0.218. The van der Waals surface area contributed by atoms with Gasteiger partial charge in [0.2, 0.25) is 0 Å². The van der Waals surface area contributed by atoms with Crippen LogP contribution in [-0.2, 0) is 58.6 Å². The maximum absolute atomic E-state index is 6.36. The fourth-order valence-electron chi connectivity index (χ4n) is 15.6. The van der Waals surface area contributed by atoms with E-state index in [9.17, 15) is 0 Å². The first-order valence-corrected chi connectivity index (χ1v) is 45.5. The molecule has 0 spiro atoms. The standard InChI is InChI=1S/C30H29NOP2.C29H27NP2.C28H31NP2S2.3Cr/c1-4-12-24(13-5-1)28-20-21-29(25-14-6-2-7-15-25)34(28)31-22-23-32-27-18-10-11-19-30(27)33(31)26-16-8-3-9-17-26;1-4-12-23(13-5-1)28-20-21-29(24-14-6-2-7-15-24)32(28)30-22-25-16-10-11-19-27(25)31(30)26-17-8-3-9-18-26;1-2-3-18-29(30(25-16-19-32-21-25)26-17-20-33-22-26)31-27(23-10-6-4-7-11-23)14-15-28(31)24-12-8-5-9-13-24;;;/h1-19,28-29H,20-23H2;1-19,28-29H,20-22H2;4-13,16-17,19-22,27-28H,2-3,14-15,18H2,1H3;;;/t28-,29-,33?;28-,29-,31?;27-,28-;;;/m111.../s1. The molecule has 12 aromatic rings. The van der Waals surface area contributed by atoms with Crippen LogP contribution in [0.15, 0.2) is 325 Å². The molecule has 3 saturated heterocycles. The largest absolute Gasteiger partial charge is 0.492 e. The number of benzene rings is 10. The minimum atomic E-state index is -0.681. The van der Waals surface area contributed by atoms with Crippen molar-refractivity contribution in [2.75, 3.05) is 19.7 Å². The van der Waals surface area contributed by atoms with Crippen LogP contribution < -0.4 is 36.6 Å². The Morgan fingerprint density at radius 1 is 0.392 bits per heavy atom. The summed E-state index contributed by atoms with van der Waals surface area (Å²) in [7, 11) is -2.91. The van der Waals surface area contributed by atoms with Crippen LogP contribution in [0.3, 0.4) is 0 Å². The van der Waals surface area contributed by atoms with Crippen molar-refractivity contribution >= 4 is 103 Å². The maximum atomic E-state index is 6.36. The van der Waals surface area contributed by atoms with Crippen LogP contribution in [0.5, 0.6) is 5.75 Å². The van der Waals surface area contributed by atoms with E-state index in [-0.39, 0.29) is 68.2 Å². The number of hydrogen-bond acceptors (Lipinski definition) is 6. The third-order valence-electron chi connectivity index (χ3n) is 20.0. The molecule has 15 heteroatoms. The molecule has 0 aliphatic carbocycles. The maximum Gasteiger partial charge on any atom is 0.128 e. The van der Waals surface area contributed by atoms with Crippen LogP contribution in [0.1, 0.15) is 131 Å². The Hall–Kier alpha value is -4.54. The Morgan fingerprint density at radius 3 is 1.14 bits per heavy atom. The summed E-state index contributed by atoms with van der Waals surface area (Å²) in [5, 5.41) is 18.2. The molecule has 102 heavy (non-hydrogen) atoms. The van der Waals surface area contributed by atoms with Crippen molar-refractivity contribution in [3.8, 4) is 5.75 Å². The molecule has 2 unspecified atom stereocenters. The molecule has 3 fully saturated rings. The first-order valence-electron chi connectivity index (χ1n) is 35.5. The van der Waals surface area contributed by atoms with Crippen LogP contribution in [0.4, 0.5) is 0 Å². The number of fused-ring (bicyclic) bond motifs is 2. The van der Waals surface area contributed by atoms with E-state index in [1.165, 1.54) is 123 Å². The van der Waals surface area contributed by atoms with E-state index in [0.717, 1.165) is 25.4 Å². The van der Waals surface area contributed by atoms with Crippen LogP contribution in [-0.4, -0.2) is 33.0 Å². The molecule has 5 aliphatic heterocycles. The van der Waals surface area contributed by atoms with Crippen LogP contribution in [0.2, 0.25) is 0 Å². The summed E-state index contributed by atoms with van der Waals surface area (Å²) in [4.78, 5) is 0. The Labute approximate surface area is 655 Å². The molecule has 7 heterocycles. The molecule has 4 nitrogen and oxygen atoms in total. The molecule has 0 radical (unpaired) electrons. The van der Waals surface area contributed by atoms with Gasteiger partial charge in [-0.3, -0.25) is 4.44 Å². The fourth-order valence-corrected chi connectivity index (χ4v) is 40.0. The van der Waals surface area contributed by atoms with Gasteiger partial charge >= 0.3 is 0 Å². The van der Waals surface area contributed by atoms with Crippen molar-refractivity contribution < 1.29 is 56.8 Å². The summed E-state index contributed by atoms with van der Waals surface area (Å²) in [6, 6.07) is 113. The van der Waals surface area contributed by atoms with Gasteiger partial charge in [-0.25, -0.2) is 8.88 Å². The molecule has 0 amide bonds. The third-order valence-corrected chi connectivity index (χ3v) is 41.3. The first kappa shape index (κ1) is 77.1. The molecule has 0 bridgehead atoms. The Kier molecular flexibility index (Phi) is 29.0. The second-order valence-electron chi connectivity index (χ2n) is 26.0. The number of thiophene rings is 2. The van der Waals surface area contributed by atoms with Gasteiger partial charge in [0.25, 0.3) is 0 Å². The van der Waals surface area contributed by atoms with Gasteiger partial charge in [0, 0.05) is 146 Å². The molecule has 10 aromatic carbocycles. The minimum absolute atomic E-state index is 0. The average molecular weight is 1600 g/mol. The molecular weight excluding hydrogens is 1510 g/mol. The van der Waals surface area contributed by atoms with E-state index in [1.54, 1.807) is 5.30 Å². The Bertz CT molecular complexity index is 4230. The number of unbranched alkanes of at least 4 members (excludes halogenated alkanes) is 1. The van der Waals surface area contributed by atoms with Crippen molar-refractivity contribution in [1.82, 2.24) is 13.3 Å². The first-order chi connectivity index (χ1) is 49.2. The SMILES string of the molecule is CCCCN(P(c1ccsc1)c1ccsc1)P1[C@@H](c2ccccc2)CC[C@@H]1c1ccccc1.[Cr].[Cr].[Cr].c1ccc([C@H]2CC[C@H](c3ccccc3)P2N2CCOc3ccccc3P2c2ccccc2)cc1.c1ccc([C@H]2CC[C@H](c3ccccc3)P2N2Cc3ccccc3P2c2ccccc2)cc1. The van der Waals surface area contributed by atoms with Crippen LogP contribution in [0.25, 0.3) is 0 Å².